The number of halogens is 1. The molecule has 1 aromatic rings. The van der Waals surface area contributed by atoms with Crippen LogP contribution in [-0.4, -0.2) is 23.4 Å². The van der Waals surface area contributed by atoms with Crippen molar-refractivity contribution in [3.8, 4) is 0 Å². The SMILES string of the molecule is CC1(C)OB(c2ccc(NC(N)=S)c(F)c2)OC1(C)C. The van der Waals surface area contributed by atoms with Crippen LogP contribution in [0.1, 0.15) is 27.7 Å². The van der Waals surface area contributed by atoms with Crippen molar-refractivity contribution in [3.05, 3.63) is 24.0 Å². The van der Waals surface area contributed by atoms with Crippen molar-refractivity contribution >= 4 is 35.6 Å². The molecule has 2 rings (SSSR count). The Morgan fingerprint density at radius 3 is 2.25 bits per heavy atom. The van der Waals surface area contributed by atoms with E-state index in [-0.39, 0.29) is 10.8 Å². The monoisotopic (exact) mass is 296 g/mol. The summed E-state index contributed by atoms with van der Waals surface area (Å²) in [4.78, 5) is 0. The molecule has 0 atom stereocenters. The second kappa shape index (κ2) is 4.98. The molecule has 0 radical (unpaired) electrons. The van der Waals surface area contributed by atoms with Gasteiger partial charge in [-0.3, -0.25) is 0 Å². The predicted octanol–water partition coefficient (Wildman–Crippen LogP) is 1.78. The van der Waals surface area contributed by atoms with Crippen LogP contribution < -0.4 is 16.5 Å². The fourth-order valence-electron chi connectivity index (χ4n) is 1.89. The maximum Gasteiger partial charge on any atom is 0.494 e. The predicted molar refractivity (Wildman–Crippen MR) is 82.5 cm³/mol. The van der Waals surface area contributed by atoms with Gasteiger partial charge < -0.3 is 20.4 Å². The minimum atomic E-state index is -0.589. The van der Waals surface area contributed by atoms with Gasteiger partial charge in [0, 0.05) is 0 Å². The van der Waals surface area contributed by atoms with Gasteiger partial charge in [-0.25, -0.2) is 4.39 Å². The normalized spacial score (nSPS) is 19.9. The zero-order chi connectivity index (χ0) is 15.1. The van der Waals surface area contributed by atoms with Crippen molar-refractivity contribution in [1.29, 1.82) is 0 Å². The molecule has 1 aromatic carbocycles. The highest BCUT2D eigenvalue weighted by Gasteiger charge is 2.51. The molecule has 1 heterocycles. The Morgan fingerprint density at radius 1 is 1.25 bits per heavy atom. The third-order valence-corrected chi connectivity index (χ3v) is 3.88. The van der Waals surface area contributed by atoms with Gasteiger partial charge in [-0.1, -0.05) is 6.07 Å². The molecule has 0 aliphatic carbocycles. The summed E-state index contributed by atoms with van der Waals surface area (Å²) in [6.07, 6.45) is 0. The van der Waals surface area contributed by atoms with Gasteiger partial charge in [-0.05, 0) is 57.5 Å². The van der Waals surface area contributed by atoms with Crippen molar-refractivity contribution in [1.82, 2.24) is 0 Å². The molecule has 3 N–H and O–H groups in total. The van der Waals surface area contributed by atoms with Crippen LogP contribution in [-0.2, 0) is 9.31 Å². The van der Waals surface area contributed by atoms with Gasteiger partial charge in [0.15, 0.2) is 5.11 Å². The standard InChI is InChI=1S/C13H18BFN2O2S/c1-12(2)13(3,4)19-14(18-12)8-5-6-10(9(15)7-8)17-11(16)20/h5-7H,1-4H3,(H3,16,17,20). The maximum absolute atomic E-state index is 14.0. The number of thiocarbonyl (C=S) groups is 1. The molecule has 1 saturated heterocycles. The Hall–Kier alpha value is -1.18. The molecule has 1 aliphatic heterocycles. The van der Waals surface area contributed by atoms with Crippen LogP contribution in [0.25, 0.3) is 0 Å². The maximum atomic E-state index is 14.0. The molecule has 0 amide bonds. The molecule has 0 unspecified atom stereocenters. The first-order chi connectivity index (χ1) is 9.12. The Morgan fingerprint density at radius 2 is 1.80 bits per heavy atom. The van der Waals surface area contributed by atoms with Gasteiger partial charge in [-0.15, -0.1) is 0 Å². The summed E-state index contributed by atoms with van der Waals surface area (Å²) in [7, 11) is -0.589. The fourth-order valence-corrected chi connectivity index (χ4v) is 2.00. The van der Waals surface area contributed by atoms with Crippen LogP contribution in [0.4, 0.5) is 10.1 Å². The summed E-state index contributed by atoms with van der Waals surface area (Å²) in [6, 6.07) is 4.66. The van der Waals surface area contributed by atoms with E-state index in [4.69, 9.17) is 15.0 Å². The third kappa shape index (κ3) is 2.80. The number of anilines is 1. The first-order valence-corrected chi connectivity index (χ1v) is 6.75. The average molecular weight is 296 g/mol. The quantitative estimate of drug-likeness (QED) is 0.643. The van der Waals surface area contributed by atoms with Crippen LogP contribution in [0.15, 0.2) is 18.2 Å². The van der Waals surface area contributed by atoms with Crippen molar-refractivity contribution in [2.24, 2.45) is 5.73 Å². The summed E-state index contributed by atoms with van der Waals surface area (Å²) in [5, 5.41) is 2.60. The van der Waals surface area contributed by atoms with Gasteiger partial charge >= 0.3 is 7.12 Å². The van der Waals surface area contributed by atoms with Crippen LogP contribution in [0.5, 0.6) is 0 Å². The van der Waals surface area contributed by atoms with E-state index < -0.39 is 24.1 Å². The molecular formula is C13H18BFN2O2S. The van der Waals surface area contributed by atoms with Crippen LogP contribution >= 0.6 is 12.2 Å². The van der Waals surface area contributed by atoms with Crippen molar-refractivity contribution < 1.29 is 13.7 Å². The van der Waals surface area contributed by atoms with E-state index in [0.717, 1.165) is 0 Å². The van der Waals surface area contributed by atoms with E-state index in [9.17, 15) is 4.39 Å². The highest BCUT2D eigenvalue weighted by Crippen LogP contribution is 2.36. The second-order valence-corrected chi connectivity index (χ2v) is 6.26. The summed E-state index contributed by atoms with van der Waals surface area (Å²) >= 11 is 4.69. The van der Waals surface area contributed by atoms with Crippen LogP contribution in [0.3, 0.4) is 0 Å². The Kier molecular flexibility index (Phi) is 3.79. The first-order valence-electron chi connectivity index (χ1n) is 6.34. The number of nitrogens with two attached hydrogens (primary N) is 1. The third-order valence-electron chi connectivity index (χ3n) is 3.78. The van der Waals surface area contributed by atoms with E-state index in [1.807, 2.05) is 27.7 Å². The van der Waals surface area contributed by atoms with Crippen LogP contribution in [0, 0.1) is 5.82 Å². The van der Waals surface area contributed by atoms with Gasteiger partial charge in [0.2, 0.25) is 0 Å². The number of hydrogen-bond acceptors (Lipinski definition) is 3. The molecule has 20 heavy (non-hydrogen) atoms. The smallest absolute Gasteiger partial charge is 0.399 e. The highest BCUT2D eigenvalue weighted by molar-refractivity contribution is 7.80. The minimum absolute atomic E-state index is 0.0206. The zero-order valence-corrected chi connectivity index (χ0v) is 12.8. The molecule has 7 heteroatoms. The van der Waals surface area contributed by atoms with Crippen LogP contribution in [0.2, 0.25) is 0 Å². The lowest BCUT2D eigenvalue weighted by molar-refractivity contribution is 0.00578. The van der Waals surface area contributed by atoms with Gasteiger partial charge in [0.1, 0.15) is 5.82 Å². The molecule has 108 valence electrons. The topological polar surface area (TPSA) is 56.5 Å². The van der Waals surface area contributed by atoms with E-state index in [2.05, 4.69) is 17.5 Å². The van der Waals surface area contributed by atoms with E-state index >= 15 is 0 Å². The molecule has 0 bridgehead atoms. The minimum Gasteiger partial charge on any atom is -0.399 e. The average Bonchev–Trinajstić information content (AvgIpc) is 2.50. The Labute approximate surface area is 124 Å². The molecule has 1 aliphatic rings. The van der Waals surface area contributed by atoms with Crippen molar-refractivity contribution in [2.75, 3.05) is 5.32 Å². The van der Waals surface area contributed by atoms with E-state index in [1.165, 1.54) is 6.07 Å². The summed E-state index contributed by atoms with van der Waals surface area (Å²) in [5.74, 6) is -0.454. The number of hydrogen-bond donors (Lipinski definition) is 2. The first kappa shape index (κ1) is 15.2. The van der Waals surface area contributed by atoms with E-state index in [1.54, 1.807) is 12.1 Å². The summed E-state index contributed by atoms with van der Waals surface area (Å²) < 4.78 is 25.7. The molecule has 0 spiro atoms. The van der Waals surface area contributed by atoms with Gasteiger partial charge in [0.05, 0.1) is 16.9 Å². The fraction of sp³-hybridized carbons (Fsp3) is 0.462. The number of benzene rings is 1. The zero-order valence-electron chi connectivity index (χ0n) is 12.0. The molecule has 0 aromatic heterocycles. The Bertz CT molecular complexity index is 535. The molecule has 0 saturated carbocycles. The summed E-state index contributed by atoms with van der Waals surface area (Å²) in [6.45, 7) is 7.80. The van der Waals surface area contributed by atoms with Crippen molar-refractivity contribution in [3.63, 3.8) is 0 Å². The number of rotatable bonds is 2. The van der Waals surface area contributed by atoms with Crippen molar-refractivity contribution in [2.45, 2.75) is 38.9 Å². The lowest BCUT2D eigenvalue weighted by Crippen LogP contribution is -2.41. The number of nitrogens with one attached hydrogen (secondary N) is 1. The largest absolute Gasteiger partial charge is 0.494 e. The lowest BCUT2D eigenvalue weighted by atomic mass is 9.79. The lowest BCUT2D eigenvalue weighted by Gasteiger charge is -2.32. The Balaban J connectivity index is 2.24. The second-order valence-electron chi connectivity index (χ2n) is 5.82. The van der Waals surface area contributed by atoms with Gasteiger partial charge in [0.25, 0.3) is 0 Å². The summed E-state index contributed by atoms with van der Waals surface area (Å²) in [5.41, 5.74) is 5.27. The molecular weight excluding hydrogens is 278 g/mol. The highest BCUT2D eigenvalue weighted by atomic mass is 32.1. The molecule has 1 fully saturated rings. The molecule has 4 nitrogen and oxygen atoms in total. The van der Waals surface area contributed by atoms with E-state index in [0.29, 0.717) is 5.46 Å². The van der Waals surface area contributed by atoms with Gasteiger partial charge in [-0.2, -0.15) is 0 Å².